The molecular formula is C47H74O8. The van der Waals surface area contributed by atoms with Gasteiger partial charge in [0.05, 0.1) is 21.3 Å². The first-order valence-corrected chi connectivity index (χ1v) is 20.0. The van der Waals surface area contributed by atoms with Crippen LogP contribution in [-0.4, -0.2) is 60.4 Å². The molecule has 8 nitrogen and oxygen atoms in total. The minimum absolute atomic E-state index is 0.0101. The molecule has 0 spiro atoms. The molecule has 0 aliphatic heterocycles. The molecular weight excluding hydrogens is 693 g/mol. The van der Waals surface area contributed by atoms with Crippen molar-refractivity contribution in [3.8, 4) is 0 Å². The summed E-state index contributed by atoms with van der Waals surface area (Å²) >= 11 is 0. The number of ketones is 2. The smallest absolute Gasteiger partial charge is 0.204 e. The number of hydrogen-bond acceptors (Lipinski definition) is 8. The van der Waals surface area contributed by atoms with Gasteiger partial charge in [0.2, 0.25) is 17.3 Å². The molecule has 0 bridgehead atoms. The second-order valence-electron chi connectivity index (χ2n) is 15.9. The van der Waals surface area contributed by atoms with Crippen LogP contribution in [0.3, 0.4) is 0 Å². The van der Waals surface area contributed by atoms with E-state index in [0.717, 1.165) is 51.4 Å². The van der Waals surface area contributed by atoms with Crippen molar-refractivity contribution in [2.24, 2.45) is 23.7 Å². The predicted molar refractivity (Wildman–Crippen MR) is 225 cm³/mol. The van der Waals surface area contributed by atoms with Gasteiger partial charge in [0.25, 0.3) is 0 Å². The van der Waals surface area contributed by atoms with E-state index in [-0.39, 0.29) is 46.6 Å². The minimum Gasteiger partial charge on any atom is -0.502 e. The molecule has 6 atom stereocenters. The lowest BCUT2D eigenvalue weighted by molar-refractivity contribution is -0.128. The van der Waals surface area contributed by atoms with E-state index in [1.165, 1.54) is 54.8 Å². The van der Waals surface area contributed by atoms with Gasteiger partial charge in [-0.25, -0.2) is 0 Å². The summed E-state index contributed by atoms with van der Waals surface area (Å²) in [4.78, 5) is 24.6. The Morgan fingerprint density at radius 3 is 1.24 bits per heavy atom. The number of rotatable bonds is 19. The lowest BCUT2D eigenvalue weighted by Crippen LogP contribution is -2.40. The van der Waals surface area contributed by atoms with Gasteiger partial charge in [0.15, 0.2) is 17.3 Å². The first-order chi connectivity index (χ1) is 25.9. The highest BCUT2D eigenvalue weighted by atomic mass is 16.5. The Morgan fingerprint density at radius 2 is 0.873 bits per heavy atom. The van der Waals surface area contributed by atoms with E-state index < -0.39 is 23.9 Å². The molecule has 0 aromatic heterocycles. The Balaban J connectivity index is 0.000000550. The third-order valence-electron chi connectivity index (χ3n) is 10.7. The largest absolute Gasteiger partial charge is 0.502 e. The molecule has 6 unspecified atom stereocenters. The predicted octanol–water partition coefficient (Wildman–Crippen LogP) is 10.9. The first kappa shape index (κ1) is 49.4. The van der Waals surface area contributed by atoms with Crippen molar-refractivity contribution in [3.63, 3.8) is 0 Å². The number of hydrogen-bond donors (Lipinski definition) is 3. The van der Waals surface area contributed by atoms with Crippen LogP contribution in [0.4, 0.5) is 0 Å². The number of aliphatic hydroxyl groups excluding tert-OH is 3. The van der Waals surface area contributed by atoms with Crippen LogP contribution in [0.25, 0.3) is 0 Å². The Kier molecular flexibility index (Phi) is 22.9. The van der Waals surface area contributed by atoms with Crippen molar-refractivity contribution in [2.45, 2.75) is 146 Å². The molecule has 0 amide bonds. The maximum Gasteiger partial charge on any atom is 0.204 e. The number of carbonyl (C=O) groups excluding carboxylic acids is 2. The van der Waals surface area contributed by atoms with Crippen LogP contribution in [0.1, 0.15) is 133 Å². The van der Waals surface area contributed by atoms with Crippen molar-refractivity contribution < 1.29 is 39.1 Å². The van der Waals surface area contributed by atoms with Crippen LogP contribution in [0.2, 0.25) is 0 Å². The maximum atomic E-state index is 12.5. The highest BCUT2D eigenvalue weighted by molar-refractivity contribution is 5.97. The van der Waals surface area contributed by atoms with Gasteiger partial charge in [-0.2, -0.15) is 0 Å². The van der Waals surface area contributed by atoms with E-state index in [1.807, 2.05) is 6.92 Å². The van der Waals surface area contributed by atoms with E-state index in [2.05, 4.69) is 91.8 Å². The lowest BCUT2D eigenvalue weighted by Gasteiger charge is -2.33. The van der Waals surface area contributed by atoms with Crippen molar-refractivity contribution in [1.82, 2.24) is 0 Å². The van der Waals surface area contributed by atoms with E-state index in [0.29, 0.717) is 12.8 Å². The normalized spacial score (nSPS) is 24.0. The van der Waals surface area contributed by atoms with Crippen molar-refractivity contribution in [1.29, 1.82) is 0 Å². The molecule has 0 saturated carbocycles. The zero-order valence-electron chi connectivity index (χ0n) is 36.4. The molecule has 2 aliphatic carbocycles. The van der Waals surface area contributed by atoms with E-state index in [9.17, 15) is 24.9 Å². The van der Waals surface area contributed by atoms with Gasteiger partial charge in [-0.3, -0.25) is 9.59 Å². The van der Waals surface area contributed by atoms with Gasteiger partial charge in [0, 0.05) is 23.7 Å². The average molecular weight is 767 g/mol. The zero-order valence-corrected chi connectivity index (χ0v) is 36.4. The molecule has 310 valence electrons. The van der Waals surface area contributed by atoms with Crippen LogP contribution in [0.15, 0.2) is 92.9 Å². The zero-order chi connectivity index (χ0) is 41.8. The molecule has 8 heteroatoms. The third kappa shape index (κ3) is 16.6. The fraction of sp³-hybridized carbons (Fsp3) is 0.617. The van der Waals surface area contributed by atoms with Gasteiger partial charge >= 0.3 is 0 Å². The summed E-state index contributed by atoms with van der Waals surface area (Å²) in [5, 5.41) is 30.9. The van der Waals surface area contributed by atoms with Crippen molar-refractivity contribution >= 4 is 11.6 Å². The fourth-order valence-corrected chi connectivity index (χ4v) is 6.91. The summed E-state index contributed by atoms with van der Waals surface area (Å²) in [7, 11) is 4.26. The van der Waals surface area contributed by atoms with Crippen LogP contribution >= 0.6 is 0 Å². The lowest BCUT2D eigenvalue weighted by atomic mass is 9.77. The molecule has 0 radical (unpaired) electrons. The van der Waals surface area contributed by atoms with Crippen LogP contribution in [0, 0.1) is 23.7 Å². The van der Waals surface area contributed by atoms with Gasteiger partial charge in [0.1, 0.15) is 12.2 Å². The molecule has 0 fully saturated rings. The van der Waals surface area contributed by atoms with Gasteiger partial charge in [-0.05, 0) is 120 Å². The summed E-state index contributed by atoms with van der Waals surface area (Å²) in [5.74, 6) is -1.72. The van der Waals surface area contributed by atoms with Crippen molar-refractivity contribution in [3.05, 3.63) is 92.9 Å². The van der Waals surface area contributed by atoms with Crippen molar-refractivity contribution in [2.75, 3.05) is 21.3 Å². The standard InChI is InChI=1S/C24H38O4.C23H36O4/c1-16(2)10-8-11-17(3)12-9-13-18(4)14-15-20-19(5)21(25)23(27-6)24(28-7)22(20)26;1-15(2)9-7-10-16(3)11-8-12-17(4)13-14-19-18(5)20(24)22(26)23(27-6)21(19)25/h10,12,14,19-20,22,26H,8-9,11,13,15H2,1-7H3;9,11,13,18-19,21,25-26H,7-8,10,12,14H2,1-6H3/b17-12+,18-14+;16-11+,17-13+. The molecule has 2 aliphatic rings. The Morgan fingerprint density at radius 1 is 0.527 bits per heavy atom. The Hall–Kier alpha value is -3.62. The second kappa shape index (κ2) is 25.5. The number of aliphatic hydroxyl groups is 3. The molecule has 0 aromatic carbocycles. The first-order valence-electron chi connectivity index (χ1n) is 20.0. The highest BCUT2D eigenvalue weighted by Crippen LogP contribution is 2.36. The topological polar surface area (TPSA) is 123 Å². The van der Waals surface area contributed by atoms with Gasteiger partial charge < -0.3 is 29.5 Å². The molecule has 55 heavy (non-hydrogen) atoms. The molecule has 0 heterocycles. The van der Waals surface area contributed by atoms with Crippen LogP contribution in [-0.2, 0) is 23.8 Å². The second-order valence-corrected chi connectivity index (χ2v) is 15.9. The molecule has 2 rings (SSSR count). The molecule has 3 N–H and O–H groups in total. The number of carbonyl (C=O) groups is 2. The number of Topliss-reactive ketones (excluding diaryl/α,β-unsaturated/α-hetero) is 2. The summed E-state index contributed by atoms with van der Waals surface area (Å²) in [5.41, 5.74) is 8.09. The quantitative estimate of drug-likeness (QED) is 0.111. The minimum atomic E-state index is -0.955. The van der Waals surface area contributed by atoms with Gasteiger partial charge in [-0.15, -0.1) is 0 Å². The fourth-order valence-electron chi connectivity index (χ4n) is 6.91. The summed E-state index contributed by atoms with van der Waals surface area (Å²) in [6.07, 6.45) is 21.2. The Labute approximate surface area is 333 Å². The SMILES string of the molecule is COC1=C(O)C(=O)C(C)C(C/C=C(\C)CC/C=C(\C)CCC=C(C)C)C1O.COC1=C(OC)C(O)C(C/C=C(\C)CC/C=C(\C)CCC=C(C)C)C(C)C1=O. The summed E-state index contributed by atoms with van der Waals surface area (Å²) in [6.45, 7) is 20.7. The van der Waals surface area contributed by atoms with Crippen LogP contribution in [0.5, 0.6) is 0 Å². The van der Waals surface area contributed by atoms with E-state index >= 15 is 0 Å². The van der Waals surface area contributed by atoms with Gasteiger partial charge in [-0.1, -0.05) is 83.7 Å². The summed E-state index contributed by atoms with van der Waals surface area (Å²) in [6, 6.07) is 0. The number of ether oxygens (including phenoxy) is 3. The molecule has 0 saturated heterocycles. The molecule has 0 aromatic rings. The monoisotopic (exact) mass is 767 g/mol. The summed E-state index contributed by atoms with van der Waals surface area (Å²) < 4.78 is 15.4. The highest BCUT2D eigenvalue weighted by Gasteiger charge is 2.43. The average Bonchev–Trinajstić information content (AvgIpc) is 3.12. The number of allylic oxidation sites excluding steroid dienone is 14. The third-order valence-corrected chi connectivity index (χ3v) is 10.7. The van der Waals surface area contributed by atoms with Crippen LogP contribution < -0.4 is 0 Å². The van der Waals surface area contributed by atoms with E-state index in [4.69, 9.17) is 14.2 Å². The number of methoxy groups -OCH3 is 3. The van der Waals surface area contributed by atoms with E-state index in [1.54, 1.807) is 6.92 Å². The Bertz CT molecular complexity index is 1510. The maximum absolute atomic E-state index is 12.5.